The maximum Gasteiger partial charge on any atom is 0.397 e. The van der Waals surface area contributed by atoms with Gasteiger partial charge in [-0.15, -0.1) is 0 Å². The average molecular weight is 1130 g/mol. The molecular formula is C56H68N4O17S2. The summed E-state index contributed by atoms with van der Waals surface area (Å²) in [4.78, 5) is 38.1. The van der Waals surface area contributed by atoms with Crippen LogP contribution in [0.2, 0.25) is 0 Å². The maximum atomic E-state index is 13.5. The molecule has 2 amide bonds. The molecule has 0 spiro atoms. The van der Waals surface area contributed by atoms with Crippen molar-refractivity contribution in [2.75, 3.05) is 64.6 Å². The third-order valence-corrected chi connectivity index (χ3v) is 14.3. The van der Waals surface area contributed by atoms with Gasteiger partial charge >= 0.3 is 10.4 Å². The van der Waals surface area contributed by atoms with Crippen LogP contribution in [0.4, 0.5) is 5.69 Å². The predicted octanol–water partition coefficient (Wildman–Crippen LogP) is 4.81. The van der Waals surface area contributed by atoms with Crippen molar-refractivity contribution in [2.24, 2.45) is 23.7 Å². The second kappa shape index (κ2) is 29.3. The minimum Gasteiger partial charge on any atom is -0.508 e. The van der Waals surface area contributed by atoms with Crippen LogP contribution in [0.15, 0.2) is 112 Å². The standard InChI is InChI=1S/C56H68N4O17S2/c1-34-51(64)48(32-75-79(69,70)71)77-55(52(34)65)74-24-22-58-53(66)44-28-36(13-12-35-9-4-2-5-10-35)27-37(44)11-8-23-72-25-26-73-33-49(63)57-20-6-3-7-21-59-56(78)60-38-14-17-41(45(29-38)54(67)68)50-42-18-15-39(61)30-46(42)76-47-31-40(62)16-19-43(47)50/h2,4-5,8-19,29-31,34,36-37,44,48,51-52,54-55,61,64-65,67-68H,3,6-7,20-28,32-33H2,1H3,(H,57,63)(H,58,66)(H2,59,60,78)(H,69,70,71). The minimum absolute atomic E-state index is 0.0297. The van der Waals surface area contributed by atoms with Gasteiger partial charge in [0.05, 0.1) is 39.1 Å². The van der Waals surface area contributed by atoms with Gasteiger partial charge in [0.1, 0.15) is 35.9 Å². The van der Waals surface area contributed by atoms with Gasteiger partial charge in [0, 0.05) is 71.4 Å². The number of ether oxygens (including phenoxy) is 4. The van der Waals surface area contributed by atoms with Gasteiger partial charge in [0.15, 0.2) is 23.1 Å². The van der Waals surface area contributed by atoms with E-state index in [2.05, 4.69) is 31.5 Å². The number of anilines is 1. The molecule has 3 aromatic rings. The number of carbonyl (C=O) groups is 2. The number of amides is 2. The highest BCUT2D eigenvalue weighted by molar-refractivity contribution is 7.81. The van der Waals surface area contributed by atoms with Gasteiger partial charge in [-0.1, -0.05) is 67.6 Å². The summed E-state index contributed by atoms with van der Waals surface area (Å²) in [6, 6.07) is 23.9. The quantitative estimate of drug-likeness (QED) is 0.00843. The first kappa shape index (κ1) is 60.5. The molecule has 1 saturated carbocycles. The highest BCUT2D eigenvalue weighted by Crippen LogP contribution is 2.44. The number of allylic oxidation sites excluding steroid dienone is 2. The molecule has 23 heteroatoms. The third-order valence-electron chi connectivity index (χ3n) is 13.7. The second-order valence-electron chi connectivity index (χ2n) is 19.4. The van der Waals surface area contributed by atoms with Crippen molar-refractivity contribution in [2.45, 2.75) is 69.9 Å². The number of unbranched alkanes of at least 4 members (excludes halogenated alkanes) is 2. The van der Waals surface area contributed by atoms with E-state index in [-0.39, 0.29) is 91.6 Å². The highest BCUT2D eigenvalue weighted by Gasteiger charge is 2.43. The second-order valence-corrected chi connectivity index (χ2v) is 20.9. The fourth-order valence-electron chi connectivity index (χ4n) is 9.60. The van der Waals surface area contributed by atoms with Crippen LogP contribution in [-0.2, 0) is 43.1 Å². The Morgan fingerprint density at radius 2 is 1.61 bits per heavy atom. The van der Waals surface area contributed by atoms with Gasteiger partial charge in [-0.25, -0.2) is 4.18 Å². The molecule has 426 valence electrons. The summed E-state index contributed by atoms with van der Waals surface area (Å²) in [5.41, 5.74) is 3.45. The van der Waals surface area contributed by atoms with E-state index < -0.39 is 53.8 Å². The Kier molecular flexibility index (Phi) is 22.4. The van der Waals surface area contributed by atoms with Crippen LogP contribution in [0.3, 0.4) is 0 Å². The lowest BCUT2D eigenvalue weighted by Crippen LogP contribution is -2.55. The SMILES string of the molecule is CC1C(O)C(COS(=O)(=O)O)OC(OCCNC(=O)C2CC(C=Cc3ccccc3)CC2C=CCOCCOCC(=O)NCCCCCNC(=S)Nc2ccc(-c3c4ccc(=O)cc-4oc4cc(O)ccc34)c(C(O)O)c2)C1O. The van der Waals surface area contributed by atoms with Crippen molar-refractivity contribution >= 4 is 62.3 Å². The minimum atomic E-state index is -4.79. The number of rotatable bonds is 27. The van der Waals surface area contributed by atoms with Crippen LogP contribution < -0.4 is 26.7 Å². The number of phenolic OH excluding ortho intramolecular Hbond substituents is 1. The Bertz CT molecular complexity index is 3030. The van der Waals surface area contributed by atoms with Crippen molar-refractivity contribution < 1.29 is 75.6 Å². The van der Waals surface area contributed by atoms with Crippen LogP contribution in [0.25, 0.3) is 39.5 Å². The third kappa shape index (κ3) is 17.9. The van der Waals surface area contributed by atoms with E-state index in [1.54, 1.807) is 30.3 Å². The number of benzene rings is 4. The van der Waals surface area contributed by atoms with Gasteiger partial charge in [-0.2, -0.15) is 8.42 Å². The van der Waals surface area contributed by atoms with E-state index in [9.17, 15) is 48.3 Å². The smallest absolute Gasteiger partial charge is 0.397 e. The van der Waals surface area contributed by atoms with Gasteiger partial charge in [0.25, 0.3) is 0 Å². The van der Waals surface area contributed by atoms with Crippen molar-refractivity contribution in [3.63, 3.8) is 0 Å². The number of carbonyl (C=O) groups excluding carboxylic acids is 2. The molecule has 8 unspecified atom stereocenters. The van der Waals surface area contributed by atoms with Crippen LogP contribution in [0, 0.1) is 23.7 Å². The Hall–Kier alpha value is -6.19. The maximum absolute atomic E-state index is 13.5. The number of hydrogen-bond donors (Lipinski definition) is 10. The summed E-state index contributed by atoms with van der Waals surface area (Å²) < 4.78 is 63.8. The molecule has 10 N–H and O–H groups in total. The van der Waals surface area contributed by atoms with Gasteiger partial charge in [0.2, 0.25) is 11.8 Å². The molecule has 8 atom stereocenters. The lowest BCUT2D eigenvalue weighted by molar-refractivity contribution is -0.285. The normalized spacial score (nSPS) is 21.6. The zero-order valence-electron chi connectivity index (χ0n) is 43.5. The zero-order chi connectivity index (χ0) is 56.5. The summed E-state index contributed by atoms with van der Waals surface area (Å²) in [5.74, 6) is -1.28. The summed E-state index contributed by atoms with van der Waals surface area (Å²) >= 11 is 5.50. The Morgan fingerprint density at radius 3 is 2.38 bits per heavy atom. The molecule has 1 saturated heterocycles. The summed E-state index contributed by atoms with van der Waals surface area (Å²) in [6.07, 6.45) is 4.78. The van der Waals surface area contributed by atoms with E-state index in [1.807, 2.05) is 48.6 Å². The molecular weight excluding hydrogens is 1060 g/mol. The number of nitrogens with one attached hydrogen (secondary N) is 4. The number of aliphatic hydroxyl groups is 4. The molecule has 0 radical (unpaired) electrons. The fourth-order valence-corrected chi connectivity index (χ4v) is 10.1. The topological polar surface area (TPSA) is 314 Å². The number of aromatic hydroxyl groups is 1. The molecule has 2 aliphatic carbocycles. The first-order valence-corrected chi connectivity index (χ1v) is 27.8. The van der Waals surface area contributed by atoms with Crippen LogP contribution in [0.1, 0.15) is 56.4 Å². The largest absolute Gasteiger partial charge is 0.508 e. The summed E-state index contributed by atoms with van der Waals surface area (Å²) in [6.45, 7) is 2.47. The van der Waals surface area contributed by atoms with Crippen LogP contribution >= 0.6 is 12.2 Å². The molecule has 0 aromatic heterocycles. The van der Waals surface area contributed by atoms with E-state index >= 15 is 0 Å². The number of aliphatic hydroxyl groups excluding tert-OH is 3. The molecule has 7 rings (SSSR count). The molecule has 2 heterocycles. The first-order valence-electron chi connectivity index (χ1n) is 26.0. The highest BCUT2D eigenvalue weighted by atomic mass is 32.3. The number of phenols is 1. The van der Waals surface area contributed by atoms with Crippen molar-refractivity contribution in [3.05, 3.63) is 125 Å². The van der Waals surface area contributed by atoms with Crippen LogP contribution in [0.5, 0.6) is 5.75 Å². The van der Waals surface area contributed by atoms with E-state index in [1.165, 1.54) is 31.2 Å². The Balaban J connectivity index is 0.767. The number of fused-ring (bicyclic) bond motifs is 2. The lowest BCUT2D eigenvalue weighted by atomic mass is 9.90. The fraction of sp³-hybridized carbons (Fsp3) is 0.429. The molecule has 0 bridgehead atoms. The van der Waals surface area contributed by atoms with E-state index in [4.69, 9.17) is 40.1 Å². The van der Waals surface area contributed by atoms with Gasteiger partial charge < -0.3 is 70.2 Å². The summed E-state index contributed by atoms with van der Waals surface area (Å²) in [5, 5.41) is 65.0. The zero-order valence-corrected chi connectivity index (χ0v) is 45.1. The molecule has 2 aliphatic heterocycles. The monoisotopic (exact) mass is 1130 g/mol. The summed E-state index contributed by atoms with van der Waals surface area (Å²) in [7, 11) is -4.79. The molecule has 4 aliphatic rings. The van der Waals surface area contributed by atoms with Crippen molar-refractivity contribution in [1.82, 2.24) is 16.0 Å². The molecule has 21 nitrogen and oxygen atoms in total. The van der Waals surface area contributed by atoms with E-state index in [0.29, 0.717) is 58.0 Å². The first-order chi connectivity index (χ1) is 37.9. The number of hydrogen-bond acceptors (Lipinski definition) is 17. The van der Waals surface area contributed by atoms with Crippen molar-refractivity contribution in [3.8, 4) is 28.2 Å². The predicted molar refractivity (Wildman–Crippen MR) is 297 cm³/mol. The van der Waals surface area contributed by atoms with Crippen LogP contribution in [-0.4, -0.2) is 139 Å². The van der Waals surface area contributed by atoms with Crippen molar-refractivity contribution in [1.29, 1.82) is 0 Å². The Morgan fingerprint density at radius 1 is 0.848 bits per heavy atom. The average Bonchev–Trinajstić information content (AvgIpc) is 3.98. The number of thiocarbonyl (C=S) groups is 1. The van der Waals surface area contributed by atoms with Gasteiger partial charge in [-0.05, 0) is 104 Å². The van der Waals surface area contributed by atoms with E-state index in [0.717, 1.165) is 31.2 Å². The Labute approximate surface area is 462 Å². The molecule has 3 aromatic carbocycles. The molecule has 79 heavy (non-hydrogen) atoms. The lowest BCUT2D eigenvalue weighted by Gasteiger charge is -2.40. The van der Waals surface area contributed by atoms with Gasteiger partial charge in [-0.3, -0.25) is 18.9 Å². The molecule has 2 fully saturated rings.